The van der Waals surface area contributed by atoms with Crippen LogP contribution in [-0.4, -0.2) is 51.1 Å². The lowest BCUT2D eigenvalue weighted by Gasteiger charge is -2.18. The monoisotopic (exact) mass is 669 g/mol. The van der Waals surface area contributed by atoms with Gasteiger partial charge in [-0.15, -0.1) is 0 Å². The van der Waals surface area contributed by atoms with Gasteiger partial charge in [0.25, 0.3) is 0 Å². The number of hydrogen-bond acceptors (Lipinski definition) is 5. The van der Waals surface area contributed by atoms with Crippen LogP contribution >= 0.6 is 0 Å². The van der Waals surface area contributed by atoms with Crippen molar-refractivity contribution < 1.29 is 25.2 Å². The number of aliphatic hydroxyl groups is 4. The van der Waals surface area contributed by atoms with Crippen LogP contribution in [-0.2, 0) is 4.79 Å². The normalized spacial score (nSPS) is 13.8. The highest BCUT2D eigenvalue weighted by molar-refractivity contribution is 5.83. The molecule has 0 rings (SSSR count). The fourth-order valence-corrected chi connectivity index (χ4v) is 6.78. The Balaban J connectivity index is 3.46. The third-order valence-electron chi connectivity index (χ3n) is 10.1. The van der Waals surface area contributed by atoms with E-state index in [2.05, 4.69) is 13.8 Å². The largest absolute Gasteiger partial charge is 0.396 e. The summed E-state index contributed by atoms with van der Waals surface area (Å²) in [6.07, 6.45) is 37.1. The highest BCUT2D eigenvalue weighted by atomic mass is 16.3. The summed E-state index contributed by atoms with van der Waals surface area (Å²) in [5.41, 5.74) is 0. The maximum absolute atomic E-state index is 12.4. The average molecular weight is 669 g/mol. The van der Waals surface area contributed by atoms with Crippen molar-refractivity contribution in [3.8, 4) is 0 Å². The van der Waals surface area contributed by atoms with Crippen molar-refractivity contribution in [1.82, 2.24) is 0 Å². The Hall–Kier alpha value is -0.490. The highest BCUT2D eigenvalue weighted by Gasteiger charge is 2.23. The molecule has 0 aromatic heterocycles. The van der Waals surface area contributed by atoms with Crippen LogP contribution in [0.4, 0.5) is 0 Å². The highest BCUT2D eigenvalue weighted by Crippen LogP contribution is 2.18. The van der Waals surface area contributed by atoms with E-state index in [9.17, 15) is 20.1 Å². The predicted molar refractivity (Wildman–Crippen MR) is 202 cm³/mol. The van der Waals surface area contributed by atoms with Crippen LogP contribution in [0.15, 0.2) is 0 Å². The summed E-state index contributed by atoms with van der Waals surface area (Å²) in [6, 6.07) is 0. The van der Waals surface area contributed by atoms with Crippen LogP contribution < -0.4 is 0 Å². The van der Waals surface area contributed by atoms with Crippen molar-refractivity contribution in [3.63, 3.8) is 0 Å². The second-order valence-corrected chi connectivity index (χ2v) is 15.4. The number of Topliss-reactive ketones (excluding diaryl/α,β-unsaturated/α-hetero) is 1. The molecule has 0 spiro atoms. The van der Waals surface area contributed by atoms with Crippen LogP contribution in [0.5, 0.6) is 0 Å². The van der Waals surface area contributed by atoms with E-state index in [0.717, 1.165) is 44.4 Å². The van der Waals surface area contributed by atoms with Crippen molar-refractivity contribution in [2.24, 2.45) is 5.92 Å². The van der Waals surface area contributed by atoms with Crippen LogP contribution in [0.1, 0.15) is 232 Å². The van der Waals surface area contributed by atoms with Crippen molar-refractivity contribution in [3.05, 3.63) is 0 Å². The number of unbranched alkanes of at least 4 members (excludes halogenated alkanes) is 28. The van der Waals surface area contributed by atoms with Crippen molar-refractivity contribution in [2.45, 2.75) is 250 Å². The Labute approximate surface area is 293 Å². The fourth-order valence-electron chi connectivity index (χ4n) is 6.78. The van der Waals surface area contributed by atoms with Crippen molar-refractivity contribution >= 4 is 5.78 Å². The molecule has 0 heterocycles. The Morgan fingerprint density at radius 1 is 0.383 bits per heavy atom. The van der Waals surface area contributed by atoms with Crippen molar-refractivity contribution in [1.29, 1.82) is 0 Å². The Morgan fingerprint density at radius 3 is 0.979 bits per heavy atom. The molecule has 0 saturated heterocycles. The van der Waals surface area contributed by atoms with Gasteiger partial charge in [0.1, 0.15) is 6.10 Å². The number of aliphatic hydroxyl groups excluding tert-OH is 4. The van der Waals surface area contributed by atoms with Gasteiger partial charge in [0, 0.05) is 13.0 Å². The number of ketones is 1. The molecular formula is C42H84O5. The maximum atomic E-state index is 12.4. The lowest BCUT2D eigenvalue weighted by Crippen LogP contribution is -2.32. The van der Waals surface area contributed by atoms with E-state index in [4.69, 9.17) is 5.11 Å². The third kappa shape index (κ3) is 35.1. The summed E-state index contributed by atoms with van der Waals surface area (Å²) in [5, 5.41) is 39.6. The van der Waals surface area contributed by atoms with Gasteiger partial charge in [-0.3, -0.25) is 4.79 Å². The topological polar surface area (TPSA) is 98.0 Å². The predicted octanol–water partition coefficient (Wildman–Crippen LogP) is 11.5. The van der Waals surface area contributed by atoms with E-state index >= 15 is 0 Å². The van der Waals surface area contributed by atoms with Gasteiger partial charge in [0.2, 0.25) is 0 Å². The number of carbonyl (C=O) groups is 1. The van der Waals surface area contributed by atoms with E-state index in [1.165, 1.54) is 161 Å². The first-order valence-corrected chi connectivity index (χ1v) is 21.1. The summed E-state index contributed by atoms with van der Waals surface area (Å²) < 4.78 is 0. The molecule has 0 radical (unpaired) electrons. The summed E-state index contributed by atoms with van der Waals surface area (Å²) in [6.45, 7) is 4.93. The lowest BCUT2D eigenvalue weighted by molar-refractivity contribution is -0.131. The molecule has 0 aliphatic rings. The van der Waals surface area contributed by atoms with Gasteiger partial charge in [-0.25, -0.2) is 0 Å². The number of rotatable bonds is 39. The molecule has 0 aromatic rings. The smallest absolute Gasteiger partial charge is 0.163 e. The molecule has 282 valence electrons. The molecule has 0 aromatic carbocycles. The molecule has 47 heavy (non-hydrogen) atoms. The minimum atomic E-state index is -1.07. The van der Waals surface area contributed by atoms with Gasteiger partial charge in [0.05, 0.1) is 12.2 Å². The first-order chi connectivity index (χ1) is 22.9. The molecule has 5 nitrogen and oxygen atoms in total. The van der Waals surface area contributed by atoms with Crippen LogP contribution in [0.25, 0.3) is 0 Å². The van der Waals surface area contributed by atoms with E-state index < -0.39 is 18.3 Å². The summed E-state index contributed by atoms with van der Waals surface area (Å²) in [7, 11) is 0. The summed E-state index contributed by atoms with van der Waals surface area (Å²) in [4.78, 5) is 12.4. The molecular weight excluding hydrogens is 584 g/mol. The zero-order valence-corrected chi connectivity index (χ0v) is 31.8. The molecule has 0 fully saturated rings. The molecule has 0 aliphatic carbocycles. The standard InChI is InChI=1S/C42H84O5/c1-38(2)33-29-25-21-17-16-19-23-27-31-35-40(45)42(47)37-41(46)39(44)34-30-26-22-18-14-12-10-8-6-4-3-5-7-9-11-13-15-20-24-28-32-36-43/h38-40,42-45,47H,3-37H2,1-2H3. The van der Waals surface area contributed by atoms with E-state index in [1.54, 1.807) is 0 Å². The minimum absolute atomic E-state index is 0.146. The molecule has 0 bridgehead atoms. The maximum Gasteiger partial charge on any atom is 0.163 e. The van der Waals surface area contributed by atoms with Gasteiger partial charge in [-0.1, -0.05) is 206 Å². The quantitative estimate of drug-likeness (QED) is 0.0489. The second-order valence-electron chi connectivity index (χ2n) is 15.4. The Kier molecular flexibility index (Phi) is 36.4. The van der Waals surface area contributed by atoms with Gasteiger partial charge >= 0.3 is 0 Å². The molecule has 4 N–H and O–H groups in total. The SMILES string of the molecule is CC(C)CCCCCCCCCCCC(O)C(O)CC(=O)C(O)CCCCCCCCCCCCCCCCCCCCCCCO. The first kappa shape index (κ1) is 46.5. The van der Waals surface area contributed by atoms with E-state index in [-0.39, 0.29) is 12.2 Å². The fraction of sp³-hybridized carbons (Fsp3) is 0.976. The van der Waals surface area contributed by atoms with Gasteiger partial charge in [0.15, 0.2) is 5.78 Å². The number of hydrogen-bond donors (Lipinski definition) is 4. The zero-order valence-electron chi connectivity index (χ0n) is 31.8. The zero-order chi connectivity index (χ0) is 34.6. The van der Waals surface area contributed by atoms with Crippen LogP contribution in [0.2, 0.25) is 0 Å². The second kappa shape index (κ2) is 36.8. The molecule has 0 saturated carbocycles. The van der Waals surface area contributed by atoms with Gasteiger partial charge in [-0.2, -0.15) is 0 Å². The minimum Gasteiger partial charge on any atom is -0.396 e. The lowest BCUT2D eigenvalue weighted by atomic mass is 9.97. The summed E-state index contributed by atoms with van der Waals surface area (Å²) >= 11 is 0. The molecule has 3 unspecified atom stereocenters. The van der Waals surface area contributed by atoms with Crippen molar-refractivity contribution in [2.75, 3.05) is 6.61 Å². The Morgan fingerprint density at radius 2 is 0.660 bits per heavy atom. The first-order valence-electron chi connectivity index (χ1n) is 21.1. The molecule has 0 amide bonds. The Bertz CT molecular complexity index is 624. The van der Waals surface area contributed by atoms with E-state index in [0.29, 0.717) is 19.4 Å². The van der Waals surface area contributed by atoms with Crippen LogP contribution in [0.3, 0.4) is 0 Å². The molecule has 0 aliphatic heterocycles. The van der Waals surface area contributed by atoms with Crippen LogP contribution in [0, 0.1) is 5.92 Å². The summed E-state index contributed by atoms with van der Waals surface area (Å²) in [5.74, 6) is 0.486. The number of carbonyl (C=O) groups excluding carboxylic acids is 1. The van der Waals surface area contributed by atoms with E-state index in [1.807, 2.05) is 0 Å². The average Bonchev–Trinajstić information content (AvgIpc) is 3.05. The third-order valence-corrected chi connectivity index (χ3v) is 10.1. The molecule has 3 atom stereocenters. The van der Waals surface area contributed by atoms with Gasteiger partial charge in [-0.05, 0) is 25.2 Å². The van der Waals surface area contributed by atoms with Gasteiger partial charge < -0.3 is 20.4 Å². The molecule has 5 heteroatoms.